The van der Waals surface area contributed by atoms with Crippen LogP contribution in [0.3, 0.4) is 0 Å². The van der Waals surface area contributed by atoms with Crippen LogP contribution >= 0.6 is 0 Å². The fourth-order valence-electron chi connectivity index (χ4n) is 3.06. The molecule has 1 saturated heterocycles. The minimum Gasteiger partial charge on any atom is -0.493 e. The Kier molecular flexibility index (Phi) is 5.20. The van der Waals surface area contributed by atoms with Crippen molar-refractivity contribution in [3.63, 3.8) is 0 Å². The van der Waals surface area contributed by atoms with Gasteiger partial charge in [0.15, 0.2) is 18.1 Å². The standard InChI is InChI=1S/C18H20FN3O4/c1-11-16(19)18(24)21-17(20-11)12-6-5-9-22(12)15(23)10-26-14-8-4-3-7-13(14)25-2/h3-4,7-8,12H,5-6,9-10H2,1-2H3,(H,20,21,24)/t12-/m1/s1. The number of methoxy groups -OCH3 is 1. The van der Waals surface area contributed by atoms with Crippen molar-refractivity contribution in [3.8, 4) is 11.5 Å². The number of ether oxygens (including phenoxy) is 2. The first-order valence-corrected chi connectivity index (χ1v) is 8.33. The topological polar surface area (TPSA) is 84.5 Å². The average Bonchev–Trinajstić information content (AvgIpc) is 3.14. The van der Waals surface area contributed by atoms with Gasteiger partial charge < -0.3 is 19.4 Å². The molecule has 8 heteroatoms. The molecule has 1 aromatic heterocycles. The number of H-pyrrole nitrogens is 1. The number of amides is 1. The van der Waals surface area contributed by atoms with Gasteiger partial charge in [0.05, 0.1) is 18.8 Å². The predicted octanol–water partition coefficient (Wildman–Crippen LogP) is 1.97. The number of nitrogens with one attached hydrogen (secondary N) is 1. The molecule has 26 heavy (non-hydrogen) atoms. The molecule has 138 valence electrons. The number of aryl methyl sites for hydroxylation is 1. The molecule has 1 N–H and O–H groups in total. The highest BCUT2D eigenvalue weighted by Crippen LogP contribution is 2.30. The zero-order valence-corrected chi connectivity index (χ0v) is 14.6. The number of halogens is 1. The van der Waals surface area contributed by atoms with Crippen molar-refractivity contribution in [3.05, 3.63) is 52.0 Å². The molecule has 0 spiro atoms. The van der Waals surface area contributed by atoms with Gasteiger partial charge >= 0.3 is 0 Å². The molecule has 7 nitrogen and oxygen atoms in total. The summed E-state index contributed by atoms with van der Waals surface area (Å²) >= 11 is 0. The third-order valence-electron chi connectivity index (χ3n) is 4.36. The molecule has 1 aliphatic heterocycles. The third-order valence-corrected chi connectivity index (χ3v) is 4.36. The molecule has 1 aromatic carbocycles. The predicted molar refractivity (Wildman–Crippen MR) is 91.7 cm³/mol. The number of aromatic amines is 1. The van der Waals surface area contributed by atoms with Crippen molar-refractivity contribution in [1.29, 1.82) is 0 Å². The van der Waals surface area contributed by atoms with Crippen molar-refractivity contribution in [2.24, 2.45) is 0 Å². The van der Waals surface area contributed by atoms with Crippen molar-refractivity contribution in [2.45, 2.75) is 25.8 Å². The Bertz CT molecular complexity index is 868. The van der Waals surface area contributed by atoms with Crippen molar-refractivity contribution < 1.29 is 18.7 Å². The van der Waals surface area contributed by atoms with Gasteiger partial charge in [0.25, 0.3) is 11.5 Å². The lowest BCUT2D eigenvalue weighted by atomic mass is 10.2. The second-order valence-electron chi connectivity index (χ2n) is 6.04. The van der Waals surface area contributed by atoms with Gasteiger partial charge in [-0.1, -0.05) is 12.1 Å². The minimum atomic E-state index is -0.899. The Morgan fingerprint density at radius 2 is 2.12 bits per heavy atom. The lowest BCUT2D eigenvalue weighted by Crippen LogP contribution is -2.36. The molecule has 1 amide bonds. The Hall–Kier alpha value is -2.90. The smallest absolute Gasteiger partial charge is 0.287 e. The number of hydrogen-bond donors (Lipinski definition) is 1. The Balaban J connectivity index is 1.73. The highest BCUT2D eigenvalue weighted by molar-refractivity contribution is 5.78. The third kappa shape index (κ3) is 3.54. The van der Waals surface area contributed by atoms with Crippen molar-refractivity contribution in [2.75, 3.05) is 20.3 Å². The summed E-state index contributed by atoms with van der Waals surface area (Å²) in [6, 6.07) is 6.67. The van der Waals surface area contributed by atoms with E-state index in [2.05, 4.69) is 9.97 Å². The summed E-state index contributed by atoms with van der Waals surface area (Å²) in [7, 11) is 1.53. The van der Waals surface area contributed by atoms with E-state index in [-0.39, 0.29) is 18.2 Å². The zero-order valence-electron chi connectivity index (χ0n) is 14.6. The molecule has 1 fully saturated rings. The quantitative estimate of drug-likeness (QED) is 0.880. The Morgan fingerprint density at radius 1 is 1.38 bits per heavy atom. The van der Waals surface area contributed by atoms with Gasteiger partial charge in [-0.25, -0.2) is 4.98 Å². The van der Waals surface area contributed by atoms with Crippen LogP contribution in [0.25, 0.3) is 0 Å². The van der Waals surface area contributed by atoms with E-state index in [0.717, 1.165) is 6.42 Å². The normalized spacial score (nSPS) is 16.6. The Morgan fingerprint density at radius 3 is 2.81 bits per heavy atom. The summed E-state index contributed by atoms with van der Waals surface area (Å²) in [5.41, 5.74) is -0.801. The van der Waals surface area contributed by atoms with Gasteiger partial charge in [0.1, 0.15) is 5.82 Å². The summed E-state index contributed by atoms with van der Waals surface area (Å²) in [4.78, 5) is 32.4. The van der Waals surface area contributed by atoms with Crippen LogP contribution in [0.2, 0.25) is 0 Å². The highest BCUT2D eigenvalue weighted by atomic mass is 19.1. The minimum absolute atomic E-state index is 0.0216. The first kappa shape index (κ1) is 17.9. The molecular formula is C18H20FN3O4. The molecule has 0 unspecified atom stereocenters. The van der Waals surface area contributed by atoms with Crippen LogP contribution in [0.4, 0.5) is 4.39 Å². The second kappa shape index (κ2) is 7.55. The molecule has 3 rings (SSSR count). The first-order valence-electron chi connectivity index (χ1n) is 8.33. The summed E-state index contributed by atoms with van der Waals surface area (Å²) in [6.07, 6.45) is 1.42. The number of benzene rings is 1. The van der Waals surface area contributed by atoms with Crippen LogP contribution in [-0.4, -0.2) is 41.0 Å². The molecule has 0 radical (unpaired) electrons. The summed E-state index contributed by atoms with van der Waals surface area (Å²) in [5.74, 6) is 0.186. The second-order valence-corrected chi connectivity index (χ2v) is 6.04. The van der Waals surface area contributed by atoms with Gasteiger partial charge in [-0.3, -0.25) is 9.59 Å². The fourth-order valence-corrected chi connectivity index (χ4v) is 3.06. The van der Waals surface area contributed by atoms with Crippen LogP contribution < -0.4 is 15.0 Å². The summed E-state index contributed by atoms with van der Waals surface area (Å²) in [5, 5.41) is 0. The lowest BCUT2D eigenvalue weighted by molar-refractivity contribution is -0.134. The summed E-state index contributed by atoms with van der Waals surface area (Å²) < 4.78 is 24.3. The number of carbonyl (C=O) groups is 1. The van der Waals surface area contributed by atoms with Gasteiger partial charge in [-0.05, 0) is 31.9 Å². The van der Waals surface area contributed by atoms with E-state index in [1.165, 1.54) is 14.0 Å². The van der Waals surface area contributed by atoms with Crippen LogP contribution in [-0.2, 0) is 4.79 Å². The number of aromatic nitrogens is 2. The van der Waals surface area contributed by atoms with E-state index in [4.69, 9.17) is 9.47 Å². The van der Waals surface area contributed by atoms with Gasteiger partial charge in [-0.15, -0.1) is 0 Å². The Labute approximate surface area is 149 Å². The molecule has 1 aliphatic rings. The average molecular weight is 361 g/mol. The van der Waals surface area contributed by atoms with E-state index < -0.39 is 17.4 Å². The SMILES string of the molecule is COc1ccccc1OCC(=O)N1CCC[C@@H]1c1nc(C)c(F)c(=O)[nH]1. The maximum Gasteiger partial charge on any atom is 0.287 e. The molecule has 0 aliphatic carbocycles. The number of rotatable bonds is 5. The van der Waals surface area contributed by atoms with Gasteiger partial charge in [-0.2, -0.15) is 4.39 Å². The number of likely N-dealkylation sites (tertiary alicyclic amines) is 1. The van der Waals surface area contributed by atoms with Gasteiger partial charge in [0.2, 0.25) is 5.82 Å². The lowest BCUT2D eigenvalue weighted by Gasteiger charge is -2.24. The maximum absolute atomic E-state index is 13.5. The first-order chi connectivity index (χ1) is 12.5. The van der Waals surface area contributed by atoms with E-state index in [0.29, 0.717) is 30.3 Å². The largest absolute Gasteiger partial charge is 0.493 e. The van der Waals surface area contributed by atoms with Crippen molar-refractivity contribution in [1.82, 2.24) is 14.9 Å². The zero-order chi connectivity index (χ0) is 18.7. The fraction of sp³-hybridized carbons (Fsp3) is 0.389. The molecule has 1 atom stereocenters. The molecule has 0 bridgehead atoms. The molecule has 2 heterocycles. The number of hydrogen-bond acceptors (Lipinski definition) is 5. The van der Waals surface area contributed by atoms with Crippen LogP contribution in [0.5, 0.6) is 11.5 Å². The molecule has 0 saturated carbocycles. The van der Waals surface area contributed by atoms with E-state index in [1.807, 2.05) is 6.07 Å². The molecule has 2 aromatic rings. The van der Waals surface area contributed by atoms with E-state index >= 15 is 0 Å². The highest BCUT2D eigenvalue weighted by Gasteiger charge is 2.32. The van der Waals surface area contributed by atoms with Crippen molar-refractivity contribution >= 4 is 5.91 Å². The monoisotopic (exact) mass is 361 g/mol. The number of nitrogens with zero attached hydrogens (tertiary/aromatic N) is 2. The van der Waals surface area contributed by atoms with E-state index in [1.54, 1.807) is 23.1 Å². The van der Waals surface area contributed by atoms with E-state index in [9.17, 15) is 14.0 Å². The van der Waals surface area contributed by atoms with Crippen LogP contribution in [0.1, 0.15) is 30.4 Å². The number of carbonyl (C=O) groups excluding carboxylic acids is 1. The van der Waals surface area contributed by atoms with Crippen LogP contribution in [0, 0.1) is 12.7 Å². The van der Waals surface area contributed by atoms with Gasteiger partial charge in [0, 0.05) is 6.54 Å². The summed E-state index contributed by atoms with van der Waals surface area (Å²) in [6.45, 7) is 1.79. The van der Waals surface area contributed by atoms with Crippen LogP contribution in [0.15, 0.2) is 29.1 Å². The molecular weight excluding hydrogens is 341 g/mol. The number of para-hydroxylation sites is 2. The maximum atomic E-state index is 13.5.